The number of hydrogen-bond donors (Lipinski definition) is 0. The Bertz CT molecular complexity index is 584. The second-order valence-corrected chi connectivity index (χ2v) is 5.90. The molecule has 0 saturated heterocycles. The van der Waals surface area contributed by atoms with E-state index < -0.39 is 23.8 Å². The summed E-state index contributed by atoms with van der Waals surface area (Å²) in [5.74, 6) is -1.34. The Morgan fingerprint density at radius 1 is 1.09 bits per heavy atom. The van der Waals surface area contributed by atoms with Crippen molar-refractivity contribution in [3.8, 4) is 0 Å². The Balaban J connectivity index is 1.72. The van der Waals surface area contributed by atoms with Crippen LogP contribution in [0.4, 0.5) is 0 Å². The summed E-state index contributed by atoms with van der Waals surface area (Å²) in [6, 6.07) is 5.73. The van der Waals surface area contributed by atoms with Crippen molar-refractivity contribution in [2.75, 3.05) is 0 Å². The molecule has 0 aromatic heterocycles. The molecule has 3 rings (SSSR count). The van der Waals surface area contributed by atoms with E-state index in [1.165, 1.54) is 6.42 Å². The van der Waals surface area contributed by atoms with Gasteiger partial charge in [0.15, 0.2) is 0 Å². The van der Waals surface area contributed by atoms with Gasteiger partial charge in [0.2, 0.25) is 0 Å². The molecule has 5 heteroatoms. The van der Waals surface area contributed by atoms with Gasteiger partial charge in [0, 0.05) is 0 Å². The molecule has 0 spiro atoms. The first-order chi connectivity index (χ1) is 10.6. The van der Waals surface area contributed by atoms with Crippen LogP contribution in [0.2, 0.25) is 0 Å². The molecule has 1 atom stereocenters. The van der Waals surface area contributed by atoms with Gasteiger partial charge in [-0.15, -0.1) is 0 Å². The molecule has 116 valence electrons. The number of amides is 2. The number of carbonyl (C=O) groups is 3. The summed E-state index contributed by atoms with van der Waals surface area (Å²) in [5.41, 5.74) is 0.703. The third-order valence-corrected chi connectivity index (χ3v) is 4.39. The SMILES string of the molecule is CC(C(=O)OC1CCCCC1)N1C(=O)c2ccccc2C1=O. The zero-order chi connectivity index (χ0) is 15.7. The number of benzene rings is 1. The Labute approximate surface area is 129 Å². The lowest BCUT2D eigenvalue weighted by atomic mass is 9.98. The minimum atomic E-state index is -0.894. The molecule has 1 aliphatic carbocycles. The average molecular weight is 301 g/mol. The smallest absolute Gasteiger partial charge is 0.329 e. The maximum Gasteiger partial charge on any atom is 0.329 e. The number of nitrogens with zero attached hydrogens (tertiary/aromatic N) is 1. The van der Waals surface area contributed by atoms with Gasteiger partial charge < -0.3 is 4.74 Å². The van der Waals surface area contributed by atoms with Crippen LogP contribution in [0, 0.1) is 0 Å². The zero-order valence-corrected chi connectivity index (χ0v) is 12.6. The van der Waals surface area contributed by atoms with Crippen molar-refractivity contribution in [3.63, 3.8) is 0 Å². The lowest BCUT2D eigenvalue weighted by molar-refractivity contribution is -0.154. The molecular weight excluding hydrogens is 282 g/mol. The third-order valence-electron chi connectivity index (χ3n) is 4.39. The Morgan fingerprint density at radius 2 is 1.64 bits per heavy atom. The first kappa shape index (κ1) is 14.8. The molecule has 1 aliphatic heterocycles. The van der Waals surface area contributed by atoms with E-state index in [1.807, 2.05) is 0 Å². The molecule has 0 radical (unpaired) electrons. The molecule has 0 bridgehead atoms. The van der Waals surface area contributed by atoms with E-state index in [2.05, 4.69) is 0 Å². The summed E-state index contributed by atoms with van der Waals surface area (Å²) >= 11 is 0. The monoisotopic (exact) mass is 301 g/mol. The summed E-state index contributed by atoms with van der Waals surface area (Å²) in [4.78, 5) is 38.0. The molecule has 2 amide bonds. The van der Waals surface area contributed by atoms with Gasteiger partial charge in [-0.1, -0.05) is 18.6 Å². The largest absolute Gasteiger partial charge is 0.461 e. The standard InChI is InChI=1S/C17H19NO4/c1-11(17(21)22-12-7-3-2-4-8-12)18-15(19)13-9-5-6-10-14(13)16(18)20/h5-6,9-12H,2-4,7-8H2,1H3. The van der Waals surface area contributed by atoms with Gasteiger partial charge in [0.1, 0.15) is 12.1 Å². The van der Waals surface area contributed by atoms with Gasteiger partial charge in [-0.3, -0.25) is 14.5 Å². The van der Waals surface area contributed by atoms with Gasteiger partial charge in [-0.25, -0.2) is 4.79 Å². The third kappa shape index (κ3) is 2.51. The number of esters is 1. The summed E-state index contributed by atoms with van der Waals surface area (Å²) in [7, 11) is 0. The lowest BCUT2D eigenvalue weighted by Gasteiger charge is -2.26. The first-order valence-electron chi connectivity index (χ1n) is 7.77. The first-order valence-corrected chi connectivity index (χ1v) is 7.77. The fraction of sp³-hybridized carbons (Fsp3) is 0.471. The summed E-state index contributed by atoms with van der Waals surface area (Å²) in [5, 5.41) is 0. The van der Waals surface area contributed by atoms with E-state index in [1.54, 1.807) is 31.2 Å². The molecule has 2 aliphatic rings. The fourth-order valence-corrected chi connectivity index (χ4v) is 3.11. The Hall–Kier alpha value is -2.17. The number of imide groups is 1. The van der Waals surface area contributed by atoms with Crippen molar-refractivity contribution in [3.05, 3.63) is 35.4 Å². The van der Waals surface area contributed by atoms with Crippen LogP contribution >= 0.6 is 0 Å². The quantitative estimate of drug-likeness (QED) is 0.636. The number of rotatable bonds is 3. The van der Waals surface area contributed by atoms with Crippen LogP contribution in [-0.4, -0.2) is 34.8 Å². The van der Waals surface area contributed by atoms with Crippen LogP contribution in [0.3, 0.4) is 0 Å². The fourth-order valence-electron chi connectivity index (χ4n) is 3.11. The topological polar surface area (TPSA) is 63.7 Å². The maximum absolute atomic E-state index is 12.3. The van der Waals surface area contributed by atoms with E-state index >= 15 is 0 Å². The lowest BCUT2D eigenvalue weighted by Crippen LogP contribution is -2.44. The highest BCUT2D eigenvalue weighted by Crippen LogP contribution is 2.26. The van der Waals surface area contributed by atoms with Crippen LogP contribution in [0.25, 0.3) is 0 Å². The molecule has 1 unspecified atom stereocenters. The second-order valence-electron chi connectivity index (χ2n) is 5.90. The highest BCUT2D eigenvalue weighted by molar-refractivity contribution is 6.22. The Morgan fingerprint density at radius 3 is 2.18 bits per heavy atom. The highest BCUT2D eigenvalue weighted by atomic mass is 16.5. The van der Waals surface area contributed by atoms with Gasteiger partial charge in [-0.2, -0.15) is 0 Å². The number of fused-ring (bicyclic) bond motifs is 1. The molecule has 5 nitrogen and oxygen atoms in total. The van der Waals surface area contributed by atoms with Gasteiger partial charge in [0.25, 0.3) is 11.8 Å². The predicted molar refractivity (Wildman–Crippen MR) is 79.4 cm³/mol. The van der Waals surface area contributed by atoms with Crippen LogP contribution in [0.5, 0.6) is 0 Å². The van der Waals surface area contributed by atoms with Crippen molar-refractivity contribution >= 4 is 17.8 Å². The average Bonchev–Trinajstić information content (AvgIpc) is 2.79. The maximum atomic E-state index is 12.3. The van der Waals surface area contributed by atoms with E-state index in [4.69, 9.17) is 4.74 Å². The van der Waals surface area contributed by atoms with Gasteiger partial charge in [0.05, 0.1) is 11.1 Å². The van der Waals surface area contributed by atoms with E-state index in [0.29, 0.717) is 11.1 Å². The number of carbonyl (C=O) groups excluding carboxylic acids is 3. The molecule has 0 N–H and O–H groups in total. The van der Waals surface area contributed by atoms with E-state index in [0.717, 1.165) is 30.6 Å². The van der Waals surface area contributed by atoms with Crippen LogP contribution < -0.4 is 0 Å². The minimum absolute atomic E-state index is 0.0844. The van der Waals surface area contributed by atoms with Crippen LogP contribution in [-0.2, 0) is 9.53 Å². The molecule has 1 fully saturated rings. The molecule has 22 heavy (non-hydrogen) atoms. The van der Waals surface area contributed by atoms with Crippen LogP contribution in [0.15, 0.2) is 24.3 Å². The second kappa shape index (κ2) is 5.91. The van der Waals surface area contributed by atoms with Crippen LogP contribution in [0.1, 0.15) is 59.7 Å². The van der Waals surface area contributed by atoms with Crippen molar-refractivity contribution in [1.82, 2.24) is 4.90 Å². The number of hydrogen-bond acceptors (Lipinski definition) is 4. The number of ether oxygens (including phenoxy) is 1. The molecule has 1 aromatic rings. The van der Waals surface area contributed by atoms with E-state index in [9.17, 15) is 14.4 Å². The summed E-state index contributed by atoms with van der Waals surface area (Å²) in [6.45, 7) is 1.55. The normalized spacial score (nSPS) is 20.0. The van der Waals surface area contributed by atoms with Crippen molar-refractivity contribution in [1.29, 1.82) is 0 Å². The zero-order valence-electron chi connectivity index (χ0n) is 12.6. The van der Waals surface area contributed by atoms with Crippen molar-refractivity contribution in [2.45, 2.75) is 51.2 Å². The van der Waals surface area contributed by atoms with Crippen molar-refractivity contribution in [2.24, 2.45) is 0 Å². The van der Waals surface area contributed by atoms with Gasteiger partial charge >= 0.3 is 5.97 Å². The molecular formula is C17H19NO4. The van der Waals surface area contributed by atoms with Crippen molar-refractivity contribution < 1.29 is 19.1 Å². The highest BCUT2D eigenvalue weighted by Gasteiger charge is 2.41. The summed E-state index contributed by atoms with van der Waals surface area (Å²) in [6.07, 6.45) is 4.92. The van der Waals surface area contributed by atoms with Gasteiger partial charge in [-0.05, 0) is 44.7 Å². The molecule has 1 saturated carbocycles. The molecule has 1 heterocycles. The van der Waals surface area contributed by atoms with E-state index in [-0.39, 0.29) is 6.10 Å². The predicted octanol–water partition coefficient (Wildman–Crippen LogP) is 2.55. The Kier molecular flexibility index (Phi) is 3.96. The minimum Gasteiger partial charge on any atom is -0.461 e. The summed E-state index contributed by atoms with van der Waals surface area (Å²) < 4.78 is 5.48. The molecule has 1 aromatic carbocycles.